The first-order chi connectivity index (χ1) is 7.58. The van der Waals surface area contributed by atoms with Crippen LogP contribution in [0.4, 0.5) is 0 Å². The van der Waals surface area contributed by atoms with Gasteiger partial charge in [-0.3, -0.25) is 0 Å². The van der Waals surface area contributed by atoms with Gasteiger partial charge in [0.15, 0.2) is 0 Å². The number of aryl methyl sites for hydroxylation is 2. The SMILES string of the molecule is Cc1ccc(-c2cc(C)c(C)c(O)c2)cc1. The summed E-state index contributed by atoms with van der Waals surface area (Å²) >= 11 is 0. The van der Waals surface area contributed by atoms with Gasteiger partial charge < -0.3 is 5.11 Å². The molecule has 0 amide bonds. The second-order valence-corrected chi connectivity index (χ2v) is 4.30. The molecule has 0 aliphatic heterocycles. The molecule has 0 saturated heterocycles. The van der Waals surface area contributed by atoms with Crippen molar-refractivity contribution in [1.82, 2.24) is 0 Å². The molecule has 2 aromatic rings. The highest BCUT2D eigenvalue weighted by Crippen LogP contribution is 2.28. The highest BCUT2D eigenvalue weighted by atomic mass is 16.3. The Balaban J connectivity index is 2.52. The summed E-state index contributed by atoms with van der Waals surface area (Å²) in [5.74, 6) is 0.371. The molecule has 0 radical (unpaired) electrons. The Kier molecular flexibility index (Phi) is 2.69. The van der Waals surface area contributed by atoms with Gasteiger partial charge in [-0.1, -0.05) is 35.9 Å². The maximum absolute atomic E-state index is 9.80. The topological polar surface area (TPSA) is 20.2 Å². The van der Waals surface area contributed by atoms with E-state index >= 15 is 0 Å². The minimum Gasteiger partial charge on any atom is -0.508 e. The molecule has 0 heterocycles. The summed E-state index contributed by atoms with van der Waals surface area (Å²) < 4.78 is 0. The molecule has 2 aromatic carbocycles. The summed E-state index contributed by atoms with van der Waals surface area (Å²) in [5, 5.41) is 9.80. The Morgan fingerprint density at radius 3 is 2.00 bits per heavy atom. The number of phenols is 1. The maximum atomic E-state index is 9.80. The van der Waals surface area contributed by atoms with Crippen molar-refractivity contribution >= 4 is 0 Å². The second-order valence-electron chi connectivity index (χ2n) is 4.30. The monoisotopic (exact) mass is 212 g/mol. The molecule has 0 fully saturated rings. The van der Waals surface area contributed by atoms with Gasteiger partial charge >= 0.3 is 0 Å². The molecule has 0 unspecified atom stereocenters. The van der Waals surface area contributed by atoms with Crippen LogP contribution < -0.4 is 0 Å². The molecule has 2 rings (SSSR count). The number of aromatic hydroxyl groups is 1. The minimum atomic E-state index is 0.371. The van der Waals surface area contributed by atoms with Crippen molar-refractivity contribution in [2.75, 3.05) is 0 Å². The van der Waals surface area contributed by atoms with E-state index in [1.165, 1.54) is 5.56 Å². The Morgan fingerprint density at radius 1 is 0.812 bits per heavy atom. The van der Waals surface area contributed by atoms with Crippen LogP contribution in [-0.4, -0.2) is 5.11 Å². The van der Waals surface area contributed by atoms with Crippen LogP contribution in [-0.2, 0) is 0 Å². The fourth-order valence-electron chi connectivity index (χ4n) is 1.75. The molecule has 82 valence electrons. The van der Waals surface area contributed by atoms with Gasteiger partial charge in [-0.2, -0.15) is 0 Å². The Bertz CT molecular complexity index is 486. The lowest BCUT2D eigenvalue weighted by molar-refractivity contribution is 0.471. The van der Waals surface area contributed by atoms with E-state index in [9.17, 15) is 5.11 Å². The van der Waals surface area contributed by atoms with Crippen molar-refractivity contribution in [3.05, 3.63) is 53.1 Å². The van der Waals surface area contributed by atoms with Crippen LogP contribution in [0.3, 0.4) is 0 Å². The molecule has 16 heavy (non-hydrogen) atoms. The highest BCUT2D eigenvalue weighted by Gasteiger charge is 2.04. The van der Waals surface area contributed by atoms with E-state index in [4.69, 9.17) is 0 Å². The lowest BCUT2D eigenvalue weighted by Crippen LogP contribution is -1.85. The van der Waals surface area contributed by atoms with E-state index in [1.54, 1.807) is 0 Å². The molecule has 1 heteroatoms. The smallest absolute Gasteiger partial charge is 0.119 e. The zero-order chi connectivity index (χ0) is 11.7. The van der Waals surface area contributed by atoms with Gasteiger partial charge in [0.25, 0.3) is 0 Å². The van der Waals surface area contributed by atoms with Crippen molar-refractivity contribution in [2.45, 2.75) is 20.8 Å². The molecule has 0 aliphatic rings. The number of benzene rings is 2. The molecule has 0 spiro atoms. The van der Waals surface area contributed by atoms with Crippen LogP contribution in [0.5, 0.6) is 5.75 Å². The van der Waals surface area contributed by atoms with Crippen LogP contribution in [0.15, 0.2) is 36.4 Å². The van der Waals surface area contributed by atoms with Crippen LogP contribution in [0.2, 0.25) is 0 Å². The van der Waals surface area contributed by atoms with Crippen LogP contribution >= 0.6 is 0 Å². The predicted octanol–water partition coefficient (Wildman–Crippen LogP) is 3.98. The number of hydrogen-bond acceptors (Lipinski definition) is 1. The normalized spacial score (nSPS) is 10.4. The molecule has 0 aromatic heterocycles. The van der Waals surface area contributed by atoms with E-state index in [2.05, 4.69) is 37.3 Å². The van der Waals surface area contributed by atoms with E-state index < -0.39 is 0 Å². The summed E-state index contributed by atoms with van der Waals surface area (Å²) in [4.78, 5) is 0. The average molecular weight is 212 g/mol. The van der Waals surface area contributed by atoms with Crippen molar-refractivity contribution < 1.29 is 5.11 Å². The Labute approximate surface area is 96.4 Å². The van der Waals surface area contributed by atoms with E-state index in [0.29, 0.717) is 5.75 Å². The van der Waals surface area contributed by atoms with Crippen LogP contribution in [0, 0.1) is 20.8 Å². The summed E-state index contributed by atoms with van der Waals surface area (Å²) in [6.07, 6.45) is 0. The van der Waals surface area contributed by atoms with Gasteiger partial charge in [-0.15, -0.1) is 0 Å². The van der Waals surface area contributed by atoms with Gasteiger partial charge in [0.05, 0.1) is 0 Å². The van der Waals surface area contributed by atoms with E-state index in [-0.39, 0.29) is 0 Å². The molecule has 0 bridgehead atoms. The third-order valence-electron chi connectivity index (χ3n) is 3.02. The minimum absolute atomic E-state index is 0.371. The summed E-state index contributed by atoms with van der Waals surface area (Å²) in [6, 6.07) is 12.3. The molecule has 0 saturated carbocycles. The molecular weight excluding hydrogens is 196 g/mol. The lowest BCUT2D eigenvalue weighted by Gasteiger charge is -2.08. The quantitative estimate of drug-likeness (QED) is 0.758. The fourth-order valence-corrected chi connectivity index (χ4v) is 1.75. The van der Waals surface area contributed by atoms with Crippen molar-refractivity contribution in [3.63, 3.8) is 0 Å². The predicted molar refractivity (Wildman–Crippen MR) is 67.8 cm³/mol. The zero-order valence-corrected chi connectivity index (χ0v) is 9.91. The van der Waals surface area contributed by atoms with Crippen molar-refractivity contribution in [2.24, 2.45) is 0 Å². The Morgan fingerprint density at radius 2 is 1.44 bits per heavy atom. The largest absolute Gasteiger partial charge is 0.508 e. The third kappa shape index (κ3) is 1.94. The zero-order valence-electron chi connectivity index (χ0n) is 9.91. The van der Waals surface area contributed by atoms with E-state index in [1.807, 2.05) is 19.9 Å². The first-order valence-electron chi connectivity index (χ1n) is 5.45. The standard InChI is InChI=1S/C15H16O/c1-10-4-6-13(7-5-10)14-8-11(2)12(3)15(16)9-14/h4-9,16H,1-3H3. The Hall–Kier alpha value is -1.76. The number of rotatable bonds is 1. The van der Waals surface area contributed by atoms with Crippen LogP contribution in [0.25, 0.3) is 11.1 Å². The van der Waals surface area contributed by atoms with Gasteiger partial charge in [-0.25, -0.2) is 0 Å². The van der Waals surface area contributed by atoms with Crippen molar-refractivity contribution in [1.29, 1.82) is 0 Å². The van der Waals surface area contributed by atoms with Crippen molar-refractivity contribution in [3.8, 4) is 16.9 Å². The van der Waals surface area contributed by atoms with Gasteiger partial charge in [0.1, 0.15) is 5.75 Å². The van der Waals surface area contributed by atoms with Gasteiger partial charge in [-0.05, 0) is 49.1 Å². The average Bonchev–Trinajstić information content (AvgIpc) is 2.26. The first-order valence-corrected chi connectivity index (χ1v) is 5.45. The number of hydrogen-bond donors (Lipinski definition) is 1. The molecule has 0 aliphatic carbocycles. The van der Waals surface area contributed by atoms with Gasteiger partial charge in [0, 0.05) is 0 Å². The molecular formula is C15H16O. The van der Waals surface area contributed by atoms with Crippen LogP contribution in [0.1, 0.15) is 16.7 Å². The van der Waals surface area contributed by atoms with Gasteiger partial charge in [0.2, 0.25) is 0 Å². The van der Waals surface area contributed by atoms with E-state index in [0.717, 1.165) is 22.3 Å². The third-order valence-corrected chi connectivity index (χ3v) is 3.02. The molecule has 0 atom stereocenters. The number of phenolic OH excluding ortho intramolecular Hbond substituents is 1. The highest BCUT2D eigenvalue weighted by molar-refractivity contribution is 5.67. The summed E-state index contributed by atoms with van der Waals surface area (Å²) in [7, 11) is 0. The second kappa shape index (κ2) is 4.01. The molecule has 1 nitrogen and oxygen atoms in total. The maximum Gasteiger partial charge on any atom is 0.119 e. The molecule has 1 N–H and O–H groups in total. The first kappa shape index (κ1) is 10.7. The fraction of sp³-hybridized carbons (Fsp3) is 0.200. The summed E-state index contributed by atoms with van der Waals surface area (Å²) in [6.45, 7) is 6.03. The summed E-state index contributed by atoms with van der Waals surface area (Å²) in [5.41, 5.74) is 5.54. The lowest BCUT2D eigenvalue weighted by atomic mass is 9.99.